The highest BCUT2D eigenvalue weighted by Crippen LogP contribution is 2.37. The minimum absolute atomic E-state index is 0.0253. The third-order valence-corrected chi connectivity index (χ3v) is 6.89. The lowest BCUT2D eigenvalue weighted by Gasteiger charge is -2.34. The van der Waals surface area contributed by atoms with Crippen molar-refractivity contribution < 1.29 is 9.59 Å². The first-order valence-electron chi connectivity index (χ1n) is 11.2. The minimum Gasteiger partial charge on any atom is -0.366 e. The maximum atomic E-state index is 13.6. The fourth-order valence-electron chi connectivity index (χ4n) is 5.12. The number of carbonyl (C=O) groups is 2. The summed E-state index contributed by atoms with van der Waals surface area (Å²) in [5.41, 5.74) is 1.99. The van der Waals surface area contributed by atoms with E-state index in [1.165, 1.54) is 25.7 Å². The van der Waals surface area contributed by atoms with Crippen LogP contribution in [-0.4, -0.2) is 40.7 Å². The highest BCUT2D eigenvalue weighted by molar-refractivity contribution is 6.36. The molecule has 0 radical (unpaired) electrons. The molecule has 1 atom stereocenters. The van der Waals surface area contributed by atoms with Gasteiger partial charge in [-0.25, -0.2) is 0 Å². The van der Waals surface area contributed by atoms with Gasteiger partial charge in [-0.1, -0.05) is 62.8 Å². The van der Waals surface area contributed by atoms with Crippen LogP contribution >= 0.6 is 11.6 Å². The van der Waals surface area contributed by atoms with Gasteiger partial charge in [0.05, 0.1) is 5.57 Å². The molecule has 156 valence electrons. The van der Waals surface area contributed by atoms with Crippen molar-refractivity contribution in [3.63, 3.8) is 0 Å². The molecule has 1 aromatic rings. The SMILES string of the molecule is CC1CCCN(C2=C(c3ccc(Cl)cc3)C(=O)N(C3CCCCCCC3)C2=O)C1. The molecular weight excluding hydrogens is 384 g/mol. The van der Waals surface area contributed by atoms with Crippen molar-refractivity contribution in [1.82, 2.24) is 9.80 Å². The predicted octanol–water partition coefficient (Wildman–Crippen LogP) is 5.26. The van der Waals surface area contributed by atoms with Crippen LogP contribution in [0, 0.1) is 5.92 Å². The van der Waals surface area contributed by atoms with Gasteiger partial charge in [0.1, 0.15) is 5.70 Å². The number of amides is 2. The monoisotopic (exact) mass is 414 g/mol. The molecule has 0 spiro atoms. The van der Waals surface area contributed by atoms with E-state index in [1.807, 2.05) is 12.1 Å². The topological polar surface area (TPSA) is 40.6 Å². The predicted molar refractivity (Wildman–Crippen MR) is 116 cm³/mol. The molecule has 2 amide bonds. The average Bonchev–Trinajstić information content (AvgIpc) is 2.93. The third-order valence-electron chi connectivity index (χ3n) is 6.64. The zero-order chi connectivity index (χ0) is 20.4. The minimum atomic E-state index is -0.115. The summed E-state index contributed by atoms with van der Waals surface area (Å²) in [6.45, 7) is 3.90. The van der Waals surface area contributed by atoms with Crippen molar-refractivity contribution in [2.45, 2.75) is 70.8 Å². The van der Waals surface area contributed by atoms with Crippen LogP contribution in [0.25, 0.3) is 5.57 Å². The number of imide groups is 1. The Labute approximate surface area is 178 Å². The van der Waals surface area contributed by atoms with Gasteiger partial charge in [0, 0.05) is 24.2 Å². The summed E-state index contributed by atoms with van der Waals surface area (Å²) in [6.07, 6.45) is 9.92. The number of benzene rings is 1. The molecule has 29 heavy (non-hydrogen) atoms. The molecule has 2 heterocycles. The van der Waals surface area contributed by atoms with Crippen LogP contribution in [0.3, 0.4) is 0 Å². The lowest BCUT2D eigenvalue weighted by Crippen LogP contribution is -2.44. The Bertz CT molecular complexity index is 794. The van der Waals surface area contributed by atoms with Crippen molar-refractivity contribution >= 4 is 29.0 Å². The summed E-state index contributed by atoms with van der Waals surface area (Å²) < 4.78 is 0. The summed E-state index contributed by atoms with van der Waals surface area (Å²) in [5, 5.41) is 0.635. The van der Waals surface area contributed by atoms with E-state index in [-0.39, 0.29) is 17.9 Å². The smallest absolute Gasteiger partial charge is 0.278 e. The first-order valence-corrected chi connectivity index (χ1v) is 11.6. The van der Waals surface area contributed by atoms with Gasteiger partial charge in [0.2, 0.25) is 0 Å². The molecule has 2 aliphatic heterocycles. The zero-order valence-electron chi connectivity index (χ0n) is 17.3. The second-order valence-corrected chi connectivity index (χ2v) is 9.34. The summed E-state index contributed by atoms with van der Waals surface area (Å²) in [4.78, 5) is 31.0. The van der Waals surface area contributed by atoms with E-state index >= 15 is 0 Å². The van der Waals surface area contributed by atoms with E-state index in [2.05, 4.69) is 11.8 Å². The number of nitrogens with zero attached hydrogens (tertiary/aromatic N) is 2. The quantitative estimate of drug-likeness (QED) is 0.633. The van der Waals surface area contributed by atoms with Crippen LogP contribution in [0.4, 0.5) is 0 Å². The van der Waals surface area contributed by atoms with Gasteiger partial charge < -0.3 is 4.90 Å². The highest BCUT2D eigenvalue weighted by atomic mass is 35.5. The molecule has 0 bridgehead atoms. The van der Waals surface area contributed by atoms with Gasteiger partial charge in [0.25, 0.3) is 11.8 Å². The molecule has 1 saturated heterocycles. The van der Waals surface area contributed by atoms with Crippen molar-refractivity contribution in [1.29, 1.82) is 0 Å². The normalized spacial score (nSPS) is 24.8. The molecule has 1 aliphatic carbocycles. The molecule has 0 aromatic heterocycles. The summed E-state index contributed by atoms with van der Waals surface area (Å²) in [6, 6.07) is 7.38. The Kier molecular flexibility index (Phi) is 6.29. The number of likely N-dealkylation sites (tertiary alicyclic amines) is 1. The first-order chi connectivity index (χ1) is 14.1. The second kappa shape index (κ2) is 8.91. The fourth-order valence-corrected chi connectivity index (χ4v) is 5.25. The number of rotatable bonds is 3. The summed E-state index contributed by atoms with van der Waals surface area (Å²) >= 11 is 6.08. The van der Waals surface area contributed by atoms with E-state index in [0.29, 0.717) is 22.2 Å². The molecule has 2 fully saturated rings. The van der Waals surface area contributed by atoms with Gasteiger partial charge in [-0.3, -0.25) is 14.5 Å². The molecule has 4 nitrogen and oxygen atoms in total. The number of piperidine rings is 1. The summed E-state index contributed by atoms with van der Waals surface area (Å²) in [7, 11) is 0. The Hall–Kier alpha value is -1.81. The Morgan fingerprint density at radius 2 is 1.52 bits per heavy atom. The van der Waals surface area contributed by atoms with Crippen LogP contribution in [0.1, 0.15) is 70.3 Å². The van der Waals surface area contributed by atoms with E-state index in [9.17, 15) is 9.59 Å². The van der Waals surface area contributed by atoms with Crippen molar-refractivity contribution in [2.24, 2.45) is 5.92 Å². The standard InChI is InChI=1S/C24H31ClN2O2/c1-17-8-7-15-26(16-17)22-21(18-11-13-19(25)14-12-18)23(28)27(24(22)29)20-9-5-3-2-4-6-10-20/h11-14,17,20H,2-10,15-16H2,1H3. The van der Waals surface area contributed by atoms with Crippen molar-refractivity contribution in [3.8, 4) is 0 Å². The molecular formula is C24H31ClN2O2. The van der Waals surface area contributed by atoms with E-state index in [0.717, 1.165) is 50.8 Å². The maximum Gasteiger partial charge on any atom is 0.278 e. The lowest BCUT2D eigenvalue weighted by molar-refractivity contribution is -0.140. The molecule has 5 heteroatoms. The fraction of sp³-hybridized carbons (Fsp3) is 0.583. The Morgan fingerprint density at radius 3 is 2.17 bits per heavy atom. The molecule has 0 N–H and O–H groups in total. The third kappa shape index (κ3) is 4.23. The number of halogens is 1. The molecule has 1 unspecified atom stereocenters. The number of carbonyl (C=O) groups excluding carboxylic acids is 2. The number of hydrogen-bond acceptors (Lipinski definition) is 3. The van der Waals surface area contributed by atoms with Gasteiger partial charge >= 0.3 is 0 Å². The van der Waals surface area contributed by atoms with Crippen molar-refractivity contribution in [2.75, 3.05) is 13.1 Å². The average molecular weight is 415 g/mol. The van der Waals surface area contributed by atoms with E-state index < -0.39 is 0 Å². The van der Waals surface area contributed by atoms with Gasteiger partial charge in [0.15, 0.2) is 0 Å². The largest absolute Gasteiger partial charge is 0.366 e. The Balaban J connectivity index is 1.72. The molecule has 1 aromatic carbocycles. The zero-order valence-corrected chi connectivity index (χ0v) is 18.1. The highest BCUT2D eigenvalue weighted by Gasteiger charge is 2.45. The van der Waals surface area contributed by atoms with Gasteiger partial charge in [-0.2, -0.15) is 0 Å². The van der Waals surface area contributed by atoms with E-state index in [1.54, 1.807) is 17.0 Å². The number of hydrogen-bond donors (Lipinski definition) is 0. The molecule has 4 rings (SSSR count). The van der Waals surface area contributed by atoms with Crippen LogP contribution in [0.15, 0.2) is 30.0 Å². The summed E-state index contributed by atoms with van der Waals surface area (Å²) in [5.74, 6) is 0.330. The maximum absolute atomic E-state index is 13.6. The van der Waals surface area contributed by atoms with Crippen LogP contribution in [0.2, 0.25) is 5.02 Å². The van der Waals surface area contributed by atoms with Crippen LogP contribution in [0.5, 0.6) is 0 Å². The second-order valence-electron chi connectivity index (χ2n) is 8.90. The molecule has 3 aliphatic rings. The van der Waals surface area contributed by atoms with Crippen LogP contribution in [-0.2, 0) is 9.59 Å². The van der Waals surface area contributed by atoms with Crippen LogP contribution < -0.4 is 0 Å². The van der Waals surface area contributed by atoms with Gasteiger partial charge in [-0.05, 0) is 49.3 Å². The first kappa shape index (κ1) is 20.5. The lowest BCUT2D eigenvalue weighted by atomic mass is 9.95. The van der Waals surface area contributed by atoms with Gasteiger partial charge in [-0.15, -0.1) is 0 Å². The Morgan fingerprint density at radius 1 is 0.862 bits per heavy atom. The van der Waals surface area contributed by atoms with Crippen molar-refractivity contribution in [3.05, 3.63) is 40.5 Å². The van der Waals surface area contributed by atoms with E-state index in [4.69, 9.17) is 11.6 Å². The molecule has 1 saturated carbocycles.